The van der Waals surface area contributed by atoms with Gasteiger partial charge in [-0.15, -0.1) is 0 Å². The summed E-state index contributed by atoms with van der Waals surface area (Å²) in [5.74, 6) is 0.921. The fraction of sp³-hybridized carbons (Fsp3) is 0.529. The van der Waals surface area contributed by atoms with Crippen molar-refractivity contribution in [3.63, 3.8) is 0 Å². The van der Waals surface area contributed by atoms with Crippen molar-refractivity contribution in [1.29, 1.82) is 0 Å². The Hall–Kier alpha value is -2.28. The Morgan fingerprint density at radius 1 is 1.50 bits per heavy atom. The molecule has 1 saturated heterocycles. The summed E-state index contributed by atoms with van der Waals surface area (Å²) in [4.78, 5) is 21.3. The largest absolute Gasteiger partial charge is 0.381 e. The Morgan fingerprint density at radius 2 is 2.38 bits per heavy atom. The van der Waals surface area contributed by atoms with E-state index in [-0.39, 0.29) is 11.8 Å². The summed E-state index contributed by atoms with van der Waals surface area (Å²) in [5.41, 5.74) is 2.14. The molecule has 0 aliphatic carbocycles. The number of rotatable bonds is 5. The highest BCUT2D eigenvalue weighted by Gasteiger charge is 2.19. The van der Waals surface area contributed by atoms with Crippen LogP contribution < -0.4 is 5.32 Å². The van der Waals surface area contributed by atoms with Crippen LogP contribution in [0.5, 0.6) is 0 Å². The Morgan fingerprint density at radius 3 is 3.08 bits per heavy atom. The Balaban J connectivity index is 1.63. The van der Waals surface area contributed by atoms with E-state index in [0.717, 1.165) is 43.2 Å². The zero-order valence-corrected chi connectivity index (χ0v) is 14.2. The second-order valence-corrected chi connectivity index (χ2v) is 5.99. The number of hydrogen-bond acceptors (Lipinski definition) is 5. The number of amides is 1. The number of carbonyl (C=O) groups excluding carboxylic acids is 1. The number of nitrogens with one attached hydrogen (secondary N) is 1. The van der Waals surface area contributed by atoms with Crippen LogP contribution in [0.4, 0.5) is 0 Å². The van der Waals surface area contributed by atoms with Crippen molar-refractivity contribution < 1.29 is 9.53 Å². The predicted molar refractivity (Wildman–Crippen MR) is 88.6 cm³/mol. The van der Waals surface area contributed by atoms with Gasteiger partial charge in [0.05, 0.1) is 30.1 Å². The summed E-state index contributed by atoms with van der Waals surface area (Å²) >= 11 is 0. The SMILES string of the molecule is CCn1cc(C(=O)NCc2ccnc([C@H]3CCCOC3)n2)c(C)n1. The van der Waals surface area contributed by atoms with Gasteiger partial charge in [0, 0.05) is 31.5 Å². The van der Waals surface area contributed by atoms with E-state index in [9.17, 15) is 4.79 Å². The molecule has 0 unspecified atom stereocenters. The fourth-order valence-corrected chi connectivity index (χ4v) is 2.82. The lowest BCUT2D eigenvalue weighted by atomic mass is 10.0. The minimum atomic E-state index is -0.131. The Bertz CT molecular complexity index is 707. The van der Waals surface area contributed by atoms with Crippen molar-refractivity contribution in [3.8, 4) is 0 Å². The molecular weight excluding hydrogens is 306 g/mol. The van der Waals surface area contributed by atoms with Crippen LogP contribution in [0.1, 0.15) is 53.3 Å². The third-order valence-electron chi connectivity index (χ3n) is 4.20. The van der Waals surface area contributed by atoms with E-state index in [4.69, 9.17) is 4.74 Å². The number of aromatic nitrogens is 4. The number of aryl methyl sites for hydroxylation is 2. The summed E-state index contributed by atoms with van der Waals surface area (Å²) in [6, 6.07) is 1.83. The van der Waals surface area contributed by atoms with Crippen molar-refractivity contribution >= 4 is 5.91 Å². The average Bonchev–Trinajstić information content (AvgIpc) is 3.02. The number of ether oxygens (including phenoxy) is 1. The molecule has 24 heavy (non-hydrogen) atoms. The van der Waals surface area contributed by atoms with Crippen LogP contribution in [0.15, 0.2) is 18.5 Å². The third kappa shape index (κ3) is 3.79. The van der Waals surface area contributed by atoms with Gasteiger partial charge in [-0.25, -0.2) is 9.97 Å². The average molecular weight is 329 g/mol. The lowest BCUT2D eigenvalue weighted by molar-refractivity contribution is 0.0779. The first-order valence-electron chi connectivity index (χ1n) is 8.39. The molecular formula is C17H23N5O2. The number of hydrogen-bond donors (Lipinski definition) is 1. The first-order chi connectivity index (χ1) is 11.7. The smallest absolute Gasteiger partial charge is 0.255 e. The van der Waals surface area contributed by atoms with E-state index in [0.29, 0.717) is 18.7 Å². The highest BCUT2D eigenvalue weighted by molar-refractivity contribution is 5.94. The first kappa shape index (κ1) is 16.6. The van der Waals surface area contributed by atoms with Crippen LogP contribution in [-0.4, -0.2) is 38.9 Å². The highest BCUT2D eigenvalue weighted by Crippen LogP contribution is 2.22. The van der Waals surface area contributed by atoms with Crippen LogP contribution in [0.25, 0.3) is 0 Å². The summed E-state index contributed by atoms with van der Waals surface area (Å²) in [7, 11) is 0. The van der Waals surface area contributed by atoms with Gasteiger partial charge in [0.15, 0.2) is 0 Å². The van der Waals surface area contributed by atoms with E-state index in [1.807, 2.05) is 19.9 Å². The molecule has 1 aliphatic rings. The maximum atomic E-state index is 12.3. The molecule has 3 heterocycles. The van der Waals surface area contributed by atoms with E-state index in [1.165, 1.54) is 0 Å². The quantitative estimate of drug-likeness (QED) is 0.905. The molecule has 0 bridgehead atoms. The molecule has 0 radical (unpaired) electrons. The van der Waals surface area contributed by atoms with Crippen molar-refractivity contribution in [1.82, 2.24) is 25.1 Å². The molecule has 7 heteroatoms. The van der Waals surface area contributed by atoms with Gasteiger partial charge < -0.3 is 10.1 Å². The van der Waals surface area contributed by atoms with Crippen molar-refractivity contribution in [3.05, 3.63) is 41.2 Å². The van der Waals surface area contributed by atoms with Crippen molar-refractivity contribution in [2.45, 2.75) is 45.7 Å². The molecule has 1 amide bonds. The minimum Gasteiger partial charge on any atom is -0.381 e. The summed E-state index contributed by atoms with van der Waals surface area (Å²) < 4.78 is 7.26. The fourth-order valence-electron chi connectivity index (χ4n) is 2.82. The number of carbonyl (C=O) groups is 1. The molecule has 0 spiro atoms. The van der Waals surface area contributed by atoms with Crippen molar-refractivity contribution in [2.75, 3.05) is 13.2 Å². The van der Waals surface area contributed by atoms with Gasteiger partial charge in [-0.1, -0.05) is 0 Å². The standard InChI is InChI=1S/C17H23N5O2/c1-3-22-10-15(12(2)21-22)17(23)19-9-14-6-7-18-16(20-14)13-5-4-8-24-11-13/h6-7,10,13H,3-5,8-9,11H2,1-2H3,(H,19,23)/t13-/m0/s1. The summed E-state index contributed by atoms with van der Waals surface area (Å²) in [5, 5.41) is 7.21. The third-order valence-corrected chi connectivity index (χ3v) is 4.20. The van der Waals surface area contributed by atoms with E-state index < -0.39 is 0 Å². The minimum absolute atomic E-state index is 0.131. The van der Waals surface area contributed by atoms with Gasteiger partial charge in [0.1, 0.15) is 5.82 Å². The van der Waals surface area contributed by atoms with Crippen LogP contribution >= 0.6 is 0 Å². The topological polar surface area (TPSA) is 81.9 Å². The first-order valence-corrected chi connectivity index (χ1v) is 8.39. The monoisotopic (exact) mass is 329 g/mol. The maximum absolute atomic E-state index is 12.3. The van der Waals surface area contributed by atoms with E-state index in [1.54, 1.807) is 17.1 Å². The van der Waals surface area contributed by atoms with Crippen LogP contribution in [0.2, 0.25) is 0 Å². The Kier molecular flexibility index (Phi) is 5.20. The van der Waals surface area contributed by atoms with Gasteiger partial charge in [-0.3, -0.25) is 9.48 Å². The van der Waals surface area contributed by atoms with Gasteiger partial charge in [0.2, 0.25) is 0 Å². The predicted octanol–water partition coefficient (Wildman–Crippen LogP) is 1.83. The van der Waals surface area contributed by atoms with Gasteiger partial charge in [-0.05, 0) is 32.8 Å². The molecule has 3 rings (SSSR count). The molecule has 2 aromatic heterocycles. The van der Waals surface area contributed by atoms with Crippen LogP contribution in [0.3, 0.4) is 0 Å². The number of nitrogens with zero attached hydrogens (tertiary/aromatic N) is 4. The molecule has 0 saturated carbocycles. The lowest BCUT2D eigenvalue weighted by Gasteiger charge is -2.20. The maximum Gasteiger partial charge on any atom is 0.255 e. The molecule has 2 aromatic rings. The van der Waals surface area contributed by atoms with Crippen LogP contribution in [0, 0.1) is 6.92 Å². The van der Waals surface area contributed by atoms with E-state index >= 15 is 0 Å². The molecule has 0 aromatic carbocycles. The molecule has 1 atom stereocenters. The van der Waals surface area contributed by atoms with Crippen molar-refractivity contribution in [2.24, 2.45) is 0 Å². The normalized spacial score (nSPS) is 17.7. The summed E-state index contributed by atoms with van der Waals surface area (Å²) in [6.07, 6.45) is 5.61. The molecule has 128 valence electrons. The molecule has 7 nitrogen and oxygen atoms in total. The van der Waals surface area contributed by atoms with E-state index in [2.05, 4.69) is 20.4 Å². The Labute approximate surface area is 141 Å². The van der Waals surface area contributed by atoms with Crippen LogP contribution in [-0.2, 0) is 17.8 Å². The zero-order valence-electron chi connectivity index (χ0n) is 14.2. The lowest BCUT2D eigenvalue weighted by Crippen LogP contribution is -2.24. The highest BCUT2D eigenvalue weighted by atomic mass is 16.5. The van der Waals surface area contributed by atoms with Gasteiger partial charge in [0.25, 0.3) is 5.91 Å². The summed E-state index contributed by atoms with van der Waals surface area (Å²) in [6.45, 7) is 6.44. The molecule has 1 aliphatic heterocycles. The molecule has 1 fully saturated rings. The second kappa shape index (κ2) is 7.53. The van der Waals surface area contributed by atoms with Gasteiger partial charge in [-0.2, -0.15) is 5.10 Å². The van der Waals surface area contributed by atoms with Gasteiger partial charge >= 0.3 is 0 Å². The molecule has 1 N–H and O–H groups in total. The zero-order chi connectivity index (χ0) is 16.9. The second-order valence-electron chi connectivity index (χ2n) is 5.99.